The van der Waals surface area contributed by atoms with Crippen LogP contribution in [0.1, 0.15) is 17.5 Å². The van der Waals surface area contributed by atoms with Gasteiger partial charge in [-0.2, -0.15) is 0 Å². The zero-order chi connectivity index (χ0) is 13.3. The molecule has 1 saturated heterocycles. The summed E-state index contributed by atoms with van der Waals surface area (Å²) in [6, 6.07) is 4.09. The second-order valence-corrected chi connectivity index (χ2v) is 7.20. The third-order valence-electron chi connectivity index (χ3n) is 3.14. The summed E-state index contributed by atoms with van der Waals surface area (Å²) < 4.78 is 20.5. The summed E-state index contributed by atoms with van der Waals surface area (Å²) in [6.45, 7) is 4.85. The predicted molar refractivity (Wildman–Crippen MR) is 78.3 cm³/mol. The minimum Gasteiger partial charge on any atom is -0.489 e. The molecule has 0 saturated carbocycles. The lowest BCUT2D eigenvalue weighted by Crippen LogP contribution is -2.41. The van der Waals surface area contributed by atoms with Gasteiger partial charge in [0.25, 0.3) is 0 Å². The Morgan fingerprint density at radius 3 is 2.56 bits per heavy atom. The summed E-state index contributed by atoms with van der Waals surface area (Å²) in [6.07, 6.45) is 0.984. The molecule has 0 aliphatic carbocycles. The molecule has 5 heteroatoms. The molecule has 0 radical (unpaired) electrons. The van der Waals surface area contributed by atoms with Crippen molar-refractivity contribution in [2.45, 2.75) is 26.4 Å². The zero-order valence-corrected chi connectivity index (χ0v) is 13.3. The van der Waals surface area contributed by atoms with Gasteiger partial charge < -0.3 is 4.74 Å². The number of ether oxygens (including phenoxy) is 1. The lowest BCUT2D eigenvalue weighted by Gasteiger charge is -2.29. The molecule has 1 aromatic rings. The Morgan fingerprint density at radius 1 is 1.39 bits per heavy atom. The van der Waals surface area contributed by atoms with Crippen LogP contribution < -0.4 is 4.74 Å². The van der Waals surface area contributed by atoms with Crippen LogP contribution in [0.4, 0.5) is 0 Å². The number of aryl methyl sites for hydroxylation is 2. The van der Waals surface area contributed by atoms with Gasteiger partial charge in [0.2, 0.25) is 0 Å². The van der Waals surface area contributed by atoms with Gasteiger partial charge in [-0.25, -0.2) is 8.51 Å². The average molecular weight is 332 g/mol. The molecule has 100 valence electrons. The Labute approximate surface area is 119 Å². The summed E-state index contributed by atoms with van der Waals surface area (Å²) >= 11 is 3.55. The Bertz CT molecular complexity index is 455. The number of likely N-dealkylation sites (N-methyl/N-ethyl adjacent to an activating group) is 1. The van der Waals surface area contributed by atoms with E-state index >= 15 is 0 Å². The van der Waals surface area contributed by atoms with Crippen molar-refractivity contribution >= 4 is 26.9 Å². The van der Waals surface area contributed by atoms with Gasteiger partial charge in [0.15, 0.2) is 0 Å². The second kappa shape index (κ2) is 5.72. The highest BCUT2D eigenvalue weighted by atomic mass is 79.9. The van der Waals surface area contributed by atoms with E-state index in [9.17, 15) is 4.21 Å². The first-order valence-electron chi connectivity index (χ1n) is 6.00. The van der Waals surface area contributed by atoms with Crippen LogP contribution in [0.15, 0.2) is 16.6 Å². The minimum absolute atomic E-state index is 0.132. The van der Waals surface area contributed by atoms with E-state index in [1.165, 1.54) is 11.1 Å². The molecule has 2 rings (SSSR count). The van der Waals surface area contributed by atoms with Gasteiger partial charge in [0.05, 0.1) is 11.0 Å². The van der Waals surface area contributed by atoms with Crippen LogP contribution in [0.5, 0.6) is 5.75 Å². The molecule has 0 N–H and O–H groups in total. The van der Waals surface area contributed by atoms with Gasteiger partial charge in [0.1, 0.15) is 11.9 Å². The van der Waals surface area contributed by atoms with Crippen LogP contribution in [0.25, 0.3) is 0 Å². The molecular formula is C13H18BrNO2S. The molecule has 2 atom stereocenters. The quantitative estimate of drug-likeness (QED) is 0.833. The van der Waals surface area contributed by atoms with E-state index in [4.69, 9.17) is 4.74 Å². The summed E-state index contributed by atoms with van der Waals surface area (Å²) in [5.74, 6) is 1.59. The normalized spacial score (nSPS) is 25.1. The van der Waals surface area contributed by atoms with Crippen molar-refractivity contribution in [3.63, 3.8) is 0 Å². The topological polar surface area (TPSA) is 29.5 Å². The van der Waals surface area contributed by atoms with Crippen LogP contribution in [0.2, 0.25) is 0 Å². The van der Waals surface area contributed by atoms with Gasteiger partial charge in [0, 0.05) is 16.8 Å². The zero-order valence-electron chi connectivity index (χ0n) is 10.9. The molecule has 1 aliphatic rings. The van der Waals surface area contributed by atoms with E-state index < -0.39 is 11.0 Å². The smallest absolute Gasteiger partial charge is 0.120 e. The first-order valence-corrected chi connectivity index (χ1v) is 8.07. The number of nitrogens with zero attached hydrogens (tertiary/aromatic N) is 1. The van der Waals surface area contributed by atoms with Gasteiger partial charge in [-0.05, 0) is 50.6 Å². The third-order valence-corrected chi connectivity index (χ3v) is 5.82. The summed E-state index contributed by atoms with van der Waals surface area (Å²) in [4.78, 5) is 0. The van der Waals surface area contributed by atoms with Crippen LogP contribution in [-0.2, 0) is 11.0 Å². The van der Waals surface area contributed by atoms with Gasteiger partial charge in [-0.15, -0.1) is 0 Å². The summed E-state index contributed by atoms with van der Waals surface area (Å²) in [7, 11) is 1.05. The Balaban J connectivity index is 2.08. The minimum atomic E-state index is -0.830. The van der Waals surface area contributed by atoms with E-state index in [0.29, 0.717) is 5.75 Å². The molecule has 1 aliphatic heterocycles. The lowest BCUT2D eigenvalue weighted by molar-refractivity contribution is 0.167. The maximum absolute atomic E-state index is 11.5. The molecule has 18 heavy (non-hydrogen) atoms. The van der Waals surface area contributed by atoms with Crippen molar-refractivity contribution in [2.75, 3.05) is 19.3 Å². The molecular weight excluding hydrogens is 314 g/mol. The van der Waals surface area contributed by atoms with E-state index in [1.54, 1.807) is 0 Å². The molecule has 0 bridgehead atoms. The molecule has 1 fully saturated rings. The fraction of sp³-hybridized carbons (Fsp3) is 0.538. The highest BCUT2D eigenvalue weighted by Gasteiger charge is 2.24. The highest BCUT2D eigenvalue weighted by molar-refractivity contribution is 9.10. The van der Waals surface area contributed by atoms with Crippen molar-refractivity contribution in [3.05, 3.63) is 27.7 Å². The molecule has 3 nitrogen and oxygen atoms in total. The van der Waals surface area contributed by atoms with E-state index in [0.717, 1.165) is 23.2 Å². The first-order chi connectivity index (χ1) is 8.47. The largest absolute Gasteiger partial charge is 0.489 e. The molecule has 0 spiro atoms. The molecule has 0 aromatic heterocycles. The van der Waals surface area contributed by atoms with Crippen LogP contribution in [0.3, 0.4) is 0 Å². The van der Waals surface area contributed by atoms with Crippen molar-refractivity contribution in [3.8, 4) is 5.75 Å². The Morgan fingerprint density at radius 2 is 2.00 bits per heavy atom. The number of hydrogen-bond acceptors (Lipinski definition) is 2. The maximum atomic E-state index is 11.5. The van der Waals surface area contributed by atoms with Crippen molar-refractivity contribution in [1.29, 1.82) is 0 Å². The van der Waals surface area contributed by atoms with Gasteiger partial charge >= 0.3 is 0 Å². The second-order valence-electron chi connectivity index (χ2n) is 4.74. The van der Waals surface area contributed by atoms with Crippen molar-refractivity contribution in [1.82, 2.24) is 4.31 Å². The van der Waals surface area contributed by atoms with Crippen molar-refractivity contribution in [2.24, 2.45) is 0 Å². The van der Waals surface area contributed by atoms with Gasteiger partial charge in [-0.3, -0.25) is 0 Å². The standard InChI is InChI=1S/C13H18BrNO2S/c1-9-6-12(7-10(2)13(9)14)17-11-4-5-18(16)15(3)8-11/h6-7,11H,4-5,8H2,1-3H3. The lowest BCUT2D eigenvalue weighted by atomic mass is 10.1. The monoisotopic (exact) mass is 331 g/mol. The number of hydrogen-bond donors (Lipinski definition) is 0. The SMILES string of the molecule is Cc1cc(OC2CCS(=O)N(C)C2)cc(C)c1Br. The molecule has 1 aromatic carbocycles. The van der Waals surface area contributed by atoms with Crippen LogP contribution in [-0.4, -0.2) is 34.0 Å². The van der Waals surface area contributed by atoms with Crippen LogP contribution in [0, 0.1) is 13.8 Å². The summed E-state index contributed by atoms with van der Waals surface area (Å²) in [5, 5.41) is 0. The van der Waals surface area contributed by atoms with Crippen molar-refractivity contribution < 1.29 is 8.95 Å². The summed E-state index contributed by atoms with van der Waals surface area (Å²) in [5.41, 5.74) is 2.36. The highest BCUT2D eigenvalue weighted by Crippen LogP contribution is 2.27. The third kappa shape index (κ3) is 3.13. The van der Waals surface area contributed by atoms with E-state index in [2.05, 4.69) is 29.8 Å². The maximum Gasteiger partial charge on any atom is 0.120 e. The van der Waals surface area contributed by atoms with Gasteiger partial charge in [-0.1, -0.05) is 15.9 Å². The first kappa shape index (κ1) is 14.0. The molecule has 0 amide bonds. The number of benzene rings is 1. The Kier molecular flexibility index (Phi) is 4.45. The number of halogens is 1. The molecule has 2 unspecified atom stereocenters. The van der Waals surface area contributed by atoms with E-state index in [-0.39, 0.29) is 6.10 Å². The fourth-order valence-corrected chi connectivity index (χ4v) is 3.45. The predicted octanol–water partition coefficient (Wildman–Crippen LogP) is 2.81. The van der Waals surface area contributed by atoms with E-state index in [1.807, 2.05) is 23.5 Å². The average Bonchev–Trinajstić information content (AvgIpc) is 2.31. The number of rotatable bonds is 2. The fourth-order valence-electron chi connectivity index (χ4n) is 2.11. The van der Waals surface area contributed by atoms with Crippen LogP contribution >= 0.6 is 15.9 Å². The Hall–Kier alpha value is -0.390. The molecule has 1 heterocycles.